The molecule has 0 bridgehead atoms. The van der Waals surface area contributed by atoms with Crippen LogP contribution in [0, 0.1) is 0 Å². The van der Waals surface area contributed by atoms with Crippen molar-refractivity contribution in [3.8, 4) is 0 Å². The van der Waals surface area contributed by atoms with Crippen LogP contribution in [-0.4, -0.2) is 29.9 Å². The molecule has 1 amide bonds. The summed E-state index contributed by atoms with van der Waals surface area (Å²) in [5.41, 5.74) is 1.34. The summed E-state index contributed by atoms with van der Waals surface area (Å²) in [7, 11) is 0. The minimum Gasteiger partial charge on any atom is -0.352 e. The van der Waals surface area contributed by atoms with Crippen LogP contribution < -0.4 is 5.32 Å². The van der Waals surface area contributed by atoms with Crippen molar-refractivity contribution in [1.82, 2.24) is 10.2 Å². The predicted molar refractivity (Wildman–Crippen MR) is 68.6 cm³/mol. The van der Waals surface area contributed by atoms with Gasteiger partial charge in [-0.1, -0.05) is 30.3 Å². The topological polar surface area (TPSA) is 32.3 Å². The molecule has 3 heteroatoms. The lowest BCUT2D eigenvalue weighted by atomic mass is 10.0. The molecule has 1 aliphatic rings. The van der Waals surface area contributed by atoms with Gasteiger partial charge in [0.25, 0.3) is 0 Å². The molecule has 1 saturated heterocycles. The van der Waals surface area contributed by atoms with Gasteiger partial charge in [-0.25, -0.2) is 0 Å². The molecule has 0 radical (unpaired) electrons. The number of piperidine rings is 1. The van der Waals surface area contributed by atoms with Crippen molar-refractivity contribution in [1.29, 1.82) is 0 Å². The average Bonchev–Trinajstić information content (AvgIpc) is 2.30. The highest BCUT2D eigenvalue weighted by Gasteiger charge is 2.20. The van der Waals surface area contributed by atoms with E-state index in [9.17, 15) is 4.79 Å². The Morgan fingerprint density at radius 3 is 2.88 bits per heavy atom. The number of rotatable bonds is 3. The molecule has 0 aromatic heterocycles. The van der Waals surface area contributed by atoms with Crippen molar-refractivity contribution >= 4 is 5.91 Å². The molecule has 1 N–H and O–H groups in total. The van der Waals surface area contributed by atoms with Crippen LogP contribution in [0.2, 0.25) is 0 Å². The van der Waals surface area contributed by atoms with E-state index in [-0.39, 0.29) is 5.91 Å². The number of hydrogen-bond acceptors (Lipinski definition) is 2. The highest BCUT2D eigenvalue weighted by atomic mass is 16.1. The van der Waals surface area contributed by atoms with Crippen LogP contribution in [0.4, 0.5) is 0 Å². The summed E-state index contributed by atoms with van der Waals surface area (Å²) in [5.74, 6) is 0.0801. The molecule has 1 aliphatic heterocycles. The Bertz CT molecular complexity index is 364. The summed E-state index contributed by atoms with van der Waals surface area (Å²) >= 11 is 0. The first-order valence-corrected chi connectivity index (χ1v) is 6.27. The summed E-state index contributed by atoms with van der Waals surface area (Å²) in [6, 6.07) is 10.8. The highest BCUT2D eigenvalue weighted by molar-refractivity contribution is 5.73. The zero-order valence-electron chi connectivity index (χ0n) is 10.4. The Morgan fingerprint density at radius 1 is 1.41 bits per heavy atom. The van der Waals surface area contributed by atoms with Crippen molar-refractivity contribution in [2.45, 2.75) is 32.4 Å². The van der Waals surface area contributed by atoms with Crippen LogP contribution >= 0.6 is 0 Å². The Hall–Kier alpha value is -1.35. The summed E-state index contributed by atoms with van der Waals surface area (Å²) in [4.78, 5) is 13.5. The number of benzene rings is 1. The summed E-state index contributed by atoms with van der Waals surface area (Å²) < 4.78 is 0. The Balaban J connectivity index is 1.87. The molecule has 0 spiro atoms. The Morgan fingerprint density at radius 2 is 2.18 bits per heavy atom. The Kier molecular flexibility index (Phi) is 4.15. The third kappa shape index (κ3) is 3.86. The van der Waals surface area contributed by atoms with Crippen molar-refractivity contribution in [3.63, 3.8) is 0 Å². The van der Waals surface area contributed by atoms with Gasteiger partial charge >= 0.3 is 0 Å². The third-order valence-electron chi connectivity index (χ3n) is 3.16. The number of likely N-dealkylation sites (tertiary alicyclic amines) is 1. The maximum atomic E-state index is 11.0. The van der Waals surface area contributed by atoms with Gasteiger partial charge in [0, 0.05) is 26.1 Å². The molecule has 0 aliphatic carbocycles. The highest BCUT2D eigenvalue weighted by Crippen LogP contribution is 2.13. The molecular weight excluding hydrogens is 212 g/mol. The van der Waals surface area contributed by atoms with E-state index in [4.69, 9.17) is 0 Å². The van der Waals surface area contributed by atoms with E-state index in [2.05, 4.69) is 34.5 Å². The smallest absolute Gasteiger partial charge is 0.217 e. The van der Waals surface area contributed by atoms with Gasteiger partial charge in [-0.3, -0.25) is 9.69 Å². The first-order chi connectivity index (χ1) is 8.24. The van der Waals surface area contributed by atoms with E-state index in [1.807, 2.05) is 6.07 Å². The van der Waals surface area contributed by atoms with Crippen LogP contribution in [0.25, 0.3) is 0 Å². The number of amides is 1. The molecule has 1 atom stereocenters. The number of hydrogen-bond donors (Lipinski definition) is 1. The maximum Gasteiger partial charge on any atom is 0.217 e. The van der Waals surface area contributed by atoms with Gasteiger partial charge < -0.3 is 5.32 Å². The fourth-order valence-electron chi connectivity index (χ4n) is 2.45. The first kappa shape index (κ1) is 12.1. The van der Waals surface area contributed by atoms with E-state index >= 15 is 0 Å². The molecule has 0 unspecified atom stereocenters. The second-order valence-electron chi connectivity index (χ2n) is 4.76. The van der Waals surface area contributed by atoms with Crippen LogP contribution in [0.5, 0.6) is 0 Å². The van der Waals surface area contributed by atoms with Gasteiger partial charge in [0.15, 0.2) is 0 Å². The number of nitrogens with one attached hydrogen (secondary N) is 1. The van der Waals surface area contributed by atoms with E-state index in [0.717, 1.165) is 32.5 Å². The average molecular weight is 232 g/mol. The molecule has 1 aromatic rings. The molecule has 0 saturated carbocycles. The monoisotopic (exact) mass is 232 g/mol. The molecule has 1 fully saturated rings. The first-order valence-electron chi connectivity index (χ1n) is 6.27. The standard InChI is InChI=1S/C14H20N2O/c1-12(17)15-14-8-5-9-16(11-14)10-13-6-3-2-4-7-13/h2-4,6-7,14H,5,8-11H2,1H3,(H,15,17)/t14-/m0/s1. The van der Waals surface area contributed by atoms with Crippen molar-refractivity contribution in [2.24, 2.45) is 0 Å². The molecule has 3 nitrogen and oxygen atoms in total. The lowest BCUT2D eigenvalue weighted by Gasteiger charge is -2.32. The normalized spacial score (nSPS) is 21.1. The van der Waals surface area contributed by atoms with Gasteiger partial charge in [-0.2, -0.15) is 0 Å². The van der Waals surface area contributed by atoms with Gasteiger partial charge in [0.2, 0.25) is 5.91 Å². The zero-order valence-corrected chi connectivity index (χ0v) is 10.4. The number of carbonyl (C=O) groups excluding carboxylic acids is 1. The predicted octanol–water partition coefficient (Wildman–Crippen LogP) is 1.79. The van der Waals surface area contributed by atoms with Gasteiger partial charge in [-0.15, -0.1) is 0 Å². The van der Waals surface area contributed by atoms with Gasteiger partial charge in [-0.05, 0) is 24.9 Å². The van der Waals surface area contributed by atoms with E-state index in [1.165, 1.54) is 5.56 Å². The van der Waals surface area contributed by atoms with Gasteiger partial charge in [0.05, 0.1) is 0 Å². The van der Waals surface area contributed by atoms with Crippen LogP contribution in [-0.2, 0) is 11.3 Å². The van der Waals surface area contributed by atoms with Crippen LogP contribution in [0.3, 0.4) is 0 Å². The summed E-state index contributed by atoms with van der Waals surface area (Å²) in [6.07, 6.45) is 2.27. The minimum absolute atomic E-state index is 0.0801. The third-order valence-corrected chi connectivity index (χ3v) is 3.16. The second-order valence-corrected chi connectivity index (χ2v) is 4.76. The largest absolute Gasteiger partial charge is 0.352 e. The zero-order chi connectivity index (χ0) is 12.1. The number of carbonyl (C=O) groups is 1. The van der Waals surface area contributed by atoms with E-state index < -0.39 is 0 Å². The van der Waals surface area contributed by atoms with E-state index in [1.54, 1.807) is 6.92 Å². The quantitative estimate of drug-likeness (QED) is 0.861. The van der Waals surface area contributed by atoms with Crippen LogP contribution in [0.1, 0.15) is 25.3 Å². The molecule has 92 valence electrons. The molecule has 2 rings (SSSR count). The van der Waals surface area contributed by atoms with Crippen LogP contribution in [0.15, 0.2) is 30.3 Å². The molecule has 17 heavy (non-hydrogen) atoms. The van der Waals surface area contributed by atoms with Crippen molar-refractivity contribution in [3.05, 3.63) is 35.9 Å². The maximum absolute atomic E-state index is 11.0. The fourth-order valence-corrected chi connectivity index (χ4v) is 2.45. The molecule has 1 aromatic carbocycles. The van der Waals surface area contributed by atoms with E-state index in [0.29, 0.717) is 6.04 Å². The molecular formula is C14H20N2O. The molecule has 1 heterocycles. The van der Waals surface area contributed by atoms with Crippen molar-refractivity contribution in [2.75, 3.05) is 13.1 Å². The minimum atomic E-state index is 0.0801. The summed E-state index contributed by atoms with van der Waals surface area (Å²) in [5, 5.41) is 3.02. The van der Waals surface area contributed by atoms with Crippen molar-refractivity contribution < 1.29 is 4.79 Å². The second kappa shape index (κ2) is 5.82. The lowest BCUT2D eigenvalue weighted by Crippen LogP contribution is -2.46. The van der Waals surface area contributed by atoms with Gasteiger partial charge in [0.1, 0.15) is 0 Å². The summed E-state index contributed by atoms with van der Waals surface area (Å²) in [6.45, 7) is 4.67. The SMILES string of the molecule is CC(=O)N[C@H]1CCCN(Cc2ccccc2)C1. The Labute approximate surface area is 103 Å². The lowest BCUT2D eigenvalue weighted by molar-refractivity contribution is -0.120. The fraction of sp³-hybridized carbons (Fsp3) is 0.500. The number of nitrogens with zero attached hydrogens (tertiary/aromatic N) is 1.